The van der Waals surface area contributed by atoms with Crippen LogP contribution in [0.5, 0.6) is 0 Å². The van der Waals surface area contributed by atoms with E-state index in [1.807, 2.05) is 30.3 Å². The van der Waals surface area contributed by atoms with Crippen molar-refractivity contribution in [2.45, 2.75) is 94.9 Å². The van der Waals surface area contributed by atoms with Gasteiger partial charge in [-0.3, -0.25) is 19.3 Å². The molecule has 1 aromatic carbocycles. The molecule has 4 rings (SSSR count). The van der Waals surface area contributed by atoms with Crippen molar-refractivity contribution in [3.63, 3.8) is 0 Å². The second-order valence-electron chi connectivity index (χ2n) is 13.5. The zero-order valence-electron chi connectivity index (χ0n) is 27.4. The molecule has 1 aromatic rings. The molecule has 2 saturated carbocycles. The summed E-state index contributed by atoms with van der Waals surface area (Å²) in [5.74, 6) is 1.14. The van der Waals surface area contributed by atoms with Crippen LogP contribution in [0.1, 0.15) is 69.8 Å². The largest absolute Gasteiger partial charge is 0.390 e. The van der Waals surface area contributed by atoms with Crippen LogP contribution in [0.15, 0.2) is 30.3 Å². The van der Waals surface area contributed by atoms with Gasteiger partial charge in [-0.25, -0.2) is 0 Å². The number of ether oxygens (including phenoxy) is 1. The molecule has 10 nitrogen and oxygen atoms in total. The van der Waals surface area contributed by atoms with E-state index in [9.17, 15) is 24.6 Å². The molecule has 5 atom stereocenters. The smallest absolute Gasteiger partial charge is 0.243 e. The number of aliphatic hydroxyl groups excluding tert-OH is 2. The lowest BCUT2D eigenvalue weighted by Gasteiger charge is -2.33. The molecule has 0 bridgehead atoms. The maximum Gasteiger partial charge on any atom is 0.243 e. The summed E-state index contributed by atoms with van der Waals surface area (Å²) in [5, 5.41) is 27.7. The number of likely N-dealkylation sites (N-methyl/N-ethyl adjacent to an activating group) is 1. The monoisotopic (exact) mass is 638 g/mol. The Morgan fingerprint density at radius 3 is 2.37 bits per heavy atom. The molecule has 0 unspecified atom stereocenters. The first kappa shape index (κ1) is 35.9. The van der Waals surface area contributed by atoms with Gasteiger partial charge in [0, 0.05) is 46.1 Å². The fraction of sp³-hybridized carbons (Fsp3) is 0.694. The van der Waals surface area contributed by atoms with Gasteiger partial charge in [-0.1, -0.05) is 62.4 Å². The third-order valence-electron chi connectivity index (χ3n) is 9.86. The number of hydrogen-bond acceptors (Lipinski definition) is 7. The minimum Gasteiger partial charge on any atom is -0.390 e. The number of carbonyl (C=O) groups is 3. The van der Waals surface area contributed by atoms with Gasteiger partial charge in [0.05, 0.1) is 31.3 Å². The number of terminal acetylenes is 1. The lowest BCUT2D eigenvalue weighted by Crippen LogP contribution is -2.56. The highest BCUT2D eigenvalue weighted by atomic mass is 16.5. The van der Waals surface area contributed by atoms with Crippen LogP contribution in [-0.4, -0.2) is 108 Å². The van der Waals surface area contributed by atoms with Gasteiger partial charge in [0.25, 0.3) is 0 Å². The van der Waals surface area contributed by atoms with E-state index in [0.29, 0.717) is 38.5 Å². The predicted molar refractivity (Wildman–Crippen MR) is 176 cm³/mol. The average Bonchev–Trinajstić information content (AvgIpc) is 3.93. The van der Waals surface area contributed by atoms with Gasteiger partial charge in [0.1, 0.15) is 12.1 Å². The van der Waals surface area contributed by atoms with Gasteiger partial charge in [-0.2, -0.15) is 0 Å². The molecule has 10 heteroatoms. The summed E-state index contributed by atoms with van der Waals surface area (Å²) in [6.07, 6.45) is 11.7. The van der Waals surface area contributed by atoms with Crippen molar-refractivity contribution in [3.05, 3.63) is 35.9 Å². The van der Waals surface area contributed by atoms with Crippen LogP contribution in [-0.2, 0) is 25.5 Å². The van der Waals surface area contributed by atoms with Crippen LogP contribution in [0.4, 0.5) is 0 Å². The minimum atomic E-state index is -1.10. The lowest BCUT2D eigenvalue weighted by atomic mass is 9.82. The van der Waals surface area contributed by atoms with E-state index < -0.39 is 42.0 Å². The number of carbonyl (C=O) groups excluding carboxylic acids is 3. The fourth-order valence-corrected chi connectivity index (χ4v) is 6.68. The van der Waals surface area contributed by atoms with Crippen LogP contribution >= 0.6 is 0 Å². The van der Waals surface area contributed by atoms with Crippen molar-refractivity contribution in [2.24, 2.45) is 17.8 Å². The first-order valence-electron chi connectivity index (χ1n) is 17.2. The zero-order valence-corrected chi connectivity index (χ0v) is 27.4. The van der Waals surface area contributed by atoms with E-state index in [1.54, 1.807) is 11.9 Å². The Morgan fingerprint density at radius 1 is 1.02 bits per heavy atom. The number of amides is 3. The number of nitrogens with zero attached hydrogens (tertiary/aromatic N) is 2. The highest BCUT2D eigenvalue weighted by Gasteiger charge is 2.40. The van der Waals surface area contributed by atoms with Crippen molar-refractivity contribution >= 4 is 17.7 Å². The van der Waals surface area contributed by atoms with E-state index in [4.69, 9.17) is 11.2 Å². The van der Waals surface area contributed by atoms with Crippen LogP contribution in [0.2, 0.25) is 0 Å². The third-order valence-corrected chi connectivity index (χ3v) is 9.86. The molecule has 1 heterocycles. The topological polar surface area (TPSA) is 131 Å². The second-order valence-corrected chi connectivity index (χ2v) is 13.5. The molecule has 0 spiro atoms. The van der Waals surface area contributed by atoms with Gasteiger partial charge < -0.3 is 30.5 Å². The second kappa shape index (κ2) is 18.4. The van der Waals surface area contributed by atoms with E-state index in [0.717, 1.165) is 63.7 Å². The van der Waals surface area contributed by atoms with Crippen LogP contribution in [0, 0.1) is 30.1 Å². The summed E-state index contributed by atoms with van der Waals surface area (Å²) < 4.78 is 5.41. The first-order valence-corrected chi connectivity index (χ1v) is 17.2. The number of hydrogen-bond donors (Lipinski definition) is 4. The lowest BCUT2D eigenvalue weighted by molar-refractivity contribution is -0.137. The Labute approximate surface area is 274 Å². The molecule has 2 aliphatic carbocycles. The number of benzene rings is 1. The summed E-state index contributed by atoms with van der Waals surface area (Å²) in [5.41, 5.74) is 0.911. The third kappa shape index (κ3) is 11.4. The summed E-state index contributed by atoms with van der Waals surface area (Å²) in [6, 6.07) is 7.83. The van der Waals surface area contributed by atoms with Crippen molar-refractivity contribution in [2.75, 3.05) is 46.4 Å². The van der Waals surface area contributed by atoms with E-state index in [1.165, 1.54) is 6.42 Å². The van der Waals surface area contributed by atoms with Crippen molar-refractivity contribution in [1.82, 2.24) is 20.4 Å². The number of nitrogens with one attached hydrogen (secondary N) is 2. The first-order chi connectivity index (χ1) is 22.2. The fourth-order valence-electron chi connectivity index (χ4n) is 6.68. The molecule has 1 saturated heterocycles. The van der Waals surface area contributed by atoms with Crippen molar-refractivity contribution in [3.8, 4) is 12.3 Å². The van der Waals surface area contributed by atoms with Crippen LogP contribution < -0.4 is 10.6 Å². The number of morpholine rings is 1. The predicted octanol–water partition coefficient (Wildman–Crippen LogP) is 2.12. The maximum absolute atomic E-state index is 13.8. The molecule has 3 fully saturated rings. The summed E-state index contributed by atoms with van der Waals surface area (Å²) >= 11 is 0. The molecule has 46 heavy (non-hydrogen) atoms. The molecule has 1 aliphatic heterocycles. The van der Waals surface area contributed by atoms with E-state index in [-0.39, 0.29) is 24.7 Å². The Kier molecular flexibility index (Phi) is 14.3. The standard InChI is InChI=1S/C36H54N4O6/c1-3-10-30(36(45)38-31(24-27-13-8-5-9-14-27)34(43)33(42)28-15-16-28)37-35(44)29(23-26-11-6-4-7-12-26)25-32(41)39(2)17-18-40-19-21-46-22-20-40/h1,4,6-7,11-12,27-31,33-34,42-43H,5,8-10,13-25H2,2H3,(H,37,44)(H,38,45)/t29-,30+,31+,33+,34-/m1/s1. The normalized spacial score (nSPS) is 20.8. The van der Waals surface area contributed by atoms with Gasteiger partial charge in [0.15, 0.2) is 0 Å². The summed E-state index contributed by atoms with van der Waals surface area (Å²) in [4.78, 5) is 44.7. The molecule has 254 valence electrons. The van der Waals surface area contributed by atoms with Gasteiger partial charge >= 0.3 is 0 Å². The molecule has 4 N–H and O–H groups in total. The van der Waals surface area contributed by atoms with Crippen molar-refractivity contribution in [1.29, 1.82) is 0 Å². The van der Waals surface area contributed by atoms with Crippen LogP contribution in [0.3, 0.4) is 0 Å². The van der Waals surface area contributed by atoms with Gasteiger partial charge in [-0.05, 0) is 43.1 Å². The summed E-state index contributed by atoms with van der Waals surface area (Å²) in [7, 11) is 1.75. The zero-order chi connectivity index (χ0) is 32.9. The Bertz CT molecular complexity index is 1140. The van der Waals surface area contributed by atoms with Crippen molar-refractivity contribution < 1.29 is 29.3 Å². The van der Waals surface area contributed by atoms with E-state index >= 15 is 0 Å². The van der Waals surface area contributed by atoms with E-state index in [2.05, 4.69) is 21.5 Å². The highest BCUT2D eigenvalue weighted by Crippen LogP contribution is 2.36. The van der Waals surface area contributed by atoms with Crippen LogP contribution in [0.25, 0.3) is 0 Å². The highest BCUT2D eigenvalue weighted by molar-refractivity contribution is 5.91. The SMILES string of the molecule is C#CC[C@H](NC(=O)[C@@H](CC(=O)N(C)CCN1CCOCC1)Cc1ccccc1)C(=O)N[C@@H](CC1CCCCC1)[C@@H](O)[C@@H](O)C1CC1. The average molecular weight is 639 g/mol. The Balaban J connectivity index is 1.42. The molecule has 3 amide bonds. The molecular weight excluding hydrogens is 584 g/mol. The van der Waals surface area contributed by atoms with Gasteiger partial charge in [-0.15, -0.1) is 12.3 Å². The Hall–Kier alpha value is -2.97. The molecule has 3 aliphatic rings. The summed E-state index contributed by atoms with van der Waals surface area (Å²) in [6.45, 7) is 4.30. The molecular formula is C36H54N4O6. The molecule has 0 aromatic heterocycles. The Morgan fingerprint density at radius 2 is 1.72 bits per heavy atom. The van der Waals surface area contributed by atoms with Gasteiger partial charge in [0.2, 0.25) is 17.7 Å². The maximum atomic E-state index is 13.8. The quantitative estimate of drug-likeness (QED) is 0.192. The number of rotatable bonds is 17. The number of aliphatic hydroxyl groups is 2. The minimum absolute atomic E-state index is 0.0126. The molecule has 0 radical (unpaired) electrons.